The highest BCUT2D eigenvalue weighted by atomic mass is 32.1. The topological polar surface area (TPSA) is 59.2 Å². The van der Waals surface area contributed by atoms with Crippen LogP contribution in [0.15, 0.2) is 30.3 Å². The van der Waals surface area contributed by atoms with Crippen LogP contribution in [0.4, 0.5) is 10.8 Å². The van der Waals surface area contributed by atoms with Crippen molar-refractivity contribution in [2.24, 2.45) is 0 Å². The van der Waals surface area contributed by atoms with Gasteiger partial charge in [-0.1, -0.05) is 29.5 Å². The van der Waals surface area contributed by atoms with Gasteiger partial charge in [0.2, 0.25) is 0 Å². The summed E-state index contributed by atoms with van der Waals surface area (Å²) in [4.78, 5) is 18.5. The van der Waals surface area contributed by atoms with E-state index in [4.69, 9.17) is 5.73 Å². The third-order valence-corrected chi connectivity index (χ3v) is 3.43. The van der Waals surface area contributed by atoms with Crippen molar-refractivity contribution in [2.75, 3.05) is 17.7 Å². The number of hydrogen-bond acceptors (Lipinski definition) is 4. The number of carbonyl (C=O) groups excluding carboxylic acids is 1. The summed E-state index contributed by atoms with van der Waals surface area (Å²) in [6.45, 7) is 1.79. The van der Waals surface area contributed by atoms with E-state index in [2.05, 4.69) is 4.98 Å². The zero-order valence-corrected chi connectivity index (χ0v) is 10.5. The van der Waals surface area contributed by atoms with Gasteiger partial charge in [0.05, 0.1) is 5.69 Å². The second-order valence-electron chi connectivity index (χ2n) is 3.67. The van der Waals surface area contributed by atoms with E-state index >= 15 is 0 Å². The SMILES string of the molecule is Cc1nc(N)sc1C(=O)N(C)c1ccccc1. The number of aryl methyl sites for hydroxylation is 1. The Morgan fingerprint density at radius 3 is 2.53 bits per heavy atom. The van der Waals surface area contributed by atoms with Crippen LogP contribution in [-0.4, -0.2) is 17.9 Å². The third-order valence-electron chi connectivity index (χ3n) is 2.46. The van der Waals surface area contributed by atoms with Gasteiger partial charge in [-0.2, -0.15) is 0 Å². The van der Waals surface area contributed by atoms with Crippen LogP contribution in [0.5, 0.6) is 0 Å². The van der Waals surface area contributed by atoms with Crippen molar-refractivity contribution in [1.82, 2.24) is 4.98 Å². The van der Waals surface area contributed by atoms with Crippen LogP contribution in [0.25, 0.3) is 0 Å². The molecule has 0 fully saturated rings. The second kappa shape index (κ2) is 4.55. The number of anilines is 2. The molecule has 2 aromatic rings. The minimum absolute atomic E-state index is 0.0806. The Bertz CT molecular complexity index is 536. The molecular formula is C12H13N3OS. The summed E-state index contributed by atoms with van der Waals surface area (Å²) in [6, 6.07) is 9.48. The molecule has 88 valence electrons. The van der Waals surface area contributed by atoms with Crippen molar-refractivity contribution in [3.05, 3.63) is 40.9 Å². The first kappa shape index (κ1) is 11.6. The molecule has 0 atom stereocenters. The van der Waals surface area contributed by atoms with Gasteiger partial charge in [-0.05, 0) is 19.1 Å². The zero-order chi connectivity index (χ0) is 12.4. The number of nitrogens with zero attached hydrogens (tertiary/aromatic N) is 2. The molecule has 0 radical (unpaired) electrons. The quantitative estimate of drug-likeness (QED) is 0.886. The first-order valence-corrected chi connectivity index (χ1v) is 5.97. The van der Waals surface area contributed by atoms with Crippen molar-refractivity contribution in [3.63, 3.8) is 0 Å². The van der Waals surface area contributed by atoms with Gasteiger partial charge < -0.3 is 10.6 Å². The highest BCUT2D eigenvalue weighted by Gasteiger charge is 2.18. The predicted molar refractivity (Wildman–Crippen MR) is 70.4 cm³/mol. The number of nitrogen functional groups attached to an aromatic ring is 1. The largest absolute Gasteiger partial charge is 0.375 e. The first-order valence-electron chi connectivity index (χ1n) is 5.15. The molecular weight excluding hydrogens is 234 g/mol. The van der Waals surface area contributed by atoms with Crippen molar-refractivity contribution in [3.8, 4) is 0 Å². The van der Waals surface area contributed by atoms with Gasteiger partial charge >= 0.3 is 0 Å². The molecule has 0 bridgehead atoms. The van der Waals surface area contributed by atoms with E-state index in [9.17, 15) is 4.79 Å². The molecule has 4 nitrogen and oxygen atoms in total. The minimum atomic E-state index is -0.0806. The minimum Gasteiger partial charge on any atom is -0.375 e. The molecule has 0 aliphatic rings. The molecule has 0 spiro atoms. The number of rotatable bonds is 2. The van der Waals surface area contributed by atoms with Gasteiger partial charge in [0.1, 0.15) is 4.88 Å². The van der Waals surface area contributed by atoms with E-state index in [1.807, 2.05) is 30.3 Å². The van der Waals surface area contributed by atoms with Gasteiger partial charge in [0, 0.05) is 12.7 Å². The lowest BCUT2D eigenvalue weighted by Gasteiger charge is -2.16. The van der Waals surface area contributed by atoms with Crippen LogP contribution in [0, 0.1) is 6.92 Å². The summed E-state index contributed by atoms with van der Waals surface area (Å²) in [7, 11) is 1.74. The number of aromatic nitrogens is 1. The summed E-state index contributed by atoms with van der Waals surface area (Å²) in [5.41, 5.74) is 7.12. The Morgan fingerprint density at radius 2 is 2.00 bits per heavy atom. The fraction of sp³-hybridized carbons (Fsp3) is 0.167. The van der Waals surface area contributed by atoms with E-state index in [-0.39, 0.29) is 5.91 Å². The van der Waals surface area contributed by atoms with Crippen LogP contribution in [-0.2, 0) is 0 Å². The van der Waals surface area contributed by atoms with Crippen LogP contribution in [0.3, 0.4) is 0 Å². The number of nitrogens with two attached hydrogens (primary N) is 1. The molecule has 0 unspecified atom stereocenters. The van der Waals surface area contributed by atoms with Crippen molar-refractivity contribution in [2.45, 2.75) is 6.92 Å². The van der Waals surface area contributed by atoms with Crippen molar-refractivity contribution >= 4 is 28.1 Å². The second-order valence-corrected chi connectivity index (χ2v) is 4.70. The fourth-order valence-electron chi connectivity index (χ4n) is 1.54. The maximum atomic E-state index is 12.2. The molecule has 2 rings (SSSR count). The van der Waals surface area contributed by atoms with Crippen LogP contribution in [0.1, 0.15) is 15.4 Å². The molecule has 17 heavy (non-hydrogen) atoms. The molecule has 2 N–H and O–H groups in total. The molecule has 0 aliphatic carbocycles. The van der Waals surface area contributed by atoms with Crippen LogP contribution < -0.4 is 10.6 Å². The fourth-order valence-corrected chi connectivity index (χ4v) is 2.35. The Kier molecular flexibility index (Phi) is 3.10. The number of carbonyl (C=O) groups is 1. The summed E-state index contributed by atoms with van der Waals surface area (Å²) in [5, 5.41) is 0.423. The van der Waals surface area contributed by atoms with Gasteiger partial charge in [0.25, 0.3) is 5.91 Å². The number of amides is 1. The Hall–Kier alpha value is -1.88. The first-order chi connectivity index (χ1) is 8.09. The average molecular weight is 247 g/mol. The summed E-state index contributed by atoms with van der Waals surface area (Å²) >= 11 is 1.22. The van der Waals surface area contributed by atoms with Gasteiger partial charge in [-0.25, -0.2) is 4.98 Å². The van der Waals surface area contributed by atoms with E-state index in [0.717, 1.165) is 5.69 Å². The standard InChI is InChI=1S/C12H13N3OS/c1-8-10(17-12(13)14-8)11(16)15(2)9-6-4-3-5-7-9/h3-7H,1-2H3,(H2,13,14). The maximum Gasteiger partial charge on any atom is 0.270 e. The molecule has 1 aromatic carbocycles. The number of hydrogen-bond donors (Lipinski definition) is 1. The molecule has 0 aliphatic heterocycles. The normalized spacial score (nSPS) is 10.2. The maximum absolute atomic E-state index is 12.2. The summed E-state index contributed by atoms with van der Waals surface area (Å²) in [6.07, 6.45) is 0. The van der Waals surface area contributed by atoms with E-state index in [1.54, 1.807) is 18.9 Å². The van der Waals surface area contributed by atoms with Crippen molar-refractivity contribution in [1.29, 1.82) is 0 Å². The average Bonchev–Trinajstić information content (AvgIpc) is 2.68. The monoisotopic (exact) mass is 247 g/mol. The molecule has 1 amide bonds. The predicted octanol–water partition coefficient (Wildman–Crippen LogP) is 2.31. The van der Waals surface area contributed by atoms with E-state index in [0.29, 0.717) is 15.7 Å². The van der Waals surface area contributed by atoms with Crippen LogP contribution >= 0.6 is 11.3 Å². The van der Waals surface area contributed by atoms with E-state index < -0.39 is 0 Å². The Labute approximate surface area is 104 Å². The van der Waals surface area contributed by atoms with Crippen molar-refractivity contribution < 1.29 is 4.79 Å². The Morgan fingerprint density at radius 1 is 1.35 bits per heavy atom. The number of benzene rings is 1. The molecule has 0 saturated heterocycles. The smallest absolute Gasteiger partial charge is 0.270 e. The highest BCUT2D eigenvalue weighted by Crippen LogP contribution is 2.23. The van der Waals surface area contributed by atoms with Gasteiger partial charge in [-0.15, -0.1) is 0 Å². The van der Waals surface area contributed by atoms with E-state index in [1.165, 1.54) is 11.3 Å². The van der Waals surface area contributed by atoms with Crippen LogP contribution in [0.2, 0.25) is 0 Å². The van der Waals surface area contributed by atoms with Gasteiger partial charge in [0.15, 0.2) is 5.13 Å². The molecule has 1 aromatic heterocycles. The molecule has 1 heterocycles. The zero-order valence-electron chi connectivity index (χ0n) is 9.68. The lowest BCUT2D eigenvalue weighted by atomic mass is 10.3. The molecule has 5 heteroatoms. The lowest BCUT2D eigenvalue weighted by molar-refractivity contribution is 0.0996. The Balaban J connectivity index is 2.30. The number of para-hydroxylation sites is 1. The number of thiazole rings is 1. The summed E-state index contributed by atoms with van der Waals surface area (Å²) < 4.78 is 0. The third kappa shape index (κ3) is 2.29. The highest BCUT2D eigenvalue weighted by molar-refractivity contribution is 7.17. The molecule has 0 saturated carbocycles. The summed E-state index contributed by atoms with van der Waals surface area (Å²) in [5.74, 6) is -0.0806. The lowest BCUT2D eigenvalue weighted by Crippen LogP contribution is -2.25. The van der Waals surface area contributed by atoms with Gasteiger partial charge in [-0.3, -0.25) is 4.79 Å².